The van der Waals surface area contributed by atoms with Crippen LogP contribution in [0.4, 0.5) is 11.4 Å². The number of nitrogens with zero attached hydrogens (tertiary/aromatic N) is 1. The van der Waals surface area contributed by atoms with Crippen molar-refractivity contribution in [2.24, 2.45) is 0 Å². The summed E-state index contributed by atoms with van der Waals surface area (Å²) in [5.74, 6) is -0.361. The second-order valence-corrected chi connectivity index (χ2v) is 3.80. The first kappa shape index (κ1) is 15.1. The summed E-state index contributed by atoms with van der Waals surface area (Å²) in [5.41, 5.74) is 0.797. The number of ether oxygens (including phenoxy) is 2. The molecule has 0 radical (unpaired) electrons. The molecule has 0 spiro atoms. The molecule has 7 nitrogen and oxygen atoms in total. The maximum absolute atomic E-state index is 11.6. The molecule has 0 atom stereocenters. The monoisotopic (exact) mass is 268 g/mol. The largest absolute Gasteiger partial charge is 0.382 e. The molecule has 0 aromatic heterocycles. The number of nitro benzene ring substituents is 1. The first-order valence-corrected chi connectivity index (χ1v) is 5.66. The molecule has 1 aromatic rings. The average Bonchev–Trinajstić information content (AvgIpc) is 2.37. The van der Waals surface area contributed by atoms with Gasteiger partial charge in [-0.3, -0.25) is 14.9 Å². The fraction of sp³-hybridized carbons (Fsp3) is 0.417. The van der Waals surface area contributed by atoms with Crippen LogP contribution in [0.5, 0.6) is 0 Å². The van der Waals surface area contributed by atoms with Gasteiger partial charge in [-0.2, -0.15) is 0 Å². The number of hydrogen-bond donors (Lipinski definition) is 1. The van der Waals surface area contributed by atoms with Gasteiger partial charge >= 0.3 is 0 Å². The van der Waals surface area contributed by atoms with Crippen LogP contribution < -0.4 is 5.32 Å². The van der Waals surface area contributed by atoms with E-state index in [1.807, 2.05) is 0 Å². The minimum atomic E-state index is -0.486. The van der Waals surface area contributed by atoms with E-state index in [2.05, 4.69) is 5.32 Å². The Hall–Kier alpha value is -1.99. The highest BCUT2D eigenvalue weighted by atomic mass is 16.6. The summed E-state index contributed by atoms with van der Waals surface area (Å²) in [6.07, 6.45) is 0. The first-order chi connectivity index (χ1) is 9.06. The van der Waals surface area contributed by atoms with Gasteiger partial charge in [-0.15, -0.1) is 0 Å². The van der Waals surface area contributed by atoms with E-state index < -0.39 is 4.92 Å². The standard InChI is InChI=1S/C12H16N2O5/c1-9-10(4-3-5-11(9)14(16)17)13-12(15)8-19-7-6-18-2/h3-5H,6-8H2,1-2H3,(H,13,15). The minimum absolute atomic E-state index is 0.0295. The Morgan fingerprint density at radius 1 is 1.42 bits per heavy atom. The molecule has 0 saturated heterocycles. The van der Waals surface area contributed by atoms with Crippen molar-refractivity contribution in [2.75, 3.05) is 32.2 Å². The van der Waals surface area contributed by atoms with Crippen LogP contribution in [0.1, 0.15) is 5.56 Å². The van der Waals surface area contributed by atoms with Gasteiger partial charge < -0.3 is 14.8 Å². The summed E-state index contributed by atoms with van der Waals surface area (Å²) >= 11 is 0. The lowest BCUT2D eigenvalue weighted by Crippen LogP contribution is -2.20. The third kappa shape index (κ3) is 4.65. The van der Waals surface area contributed by atoms with Gasteiger partial charge in [0.2, 0.25) is 5.91 Å². The second-order valence-electron chi connectivity index (χ2n) is 3.80. The smallest absolute Gasteiger partial charge is 0.274 e. The average molecular weight is 268 g/mol. The molecular weight excluding hydrogens is 252 g/mol. The SMILES string of the molecule is COCCOCC(=O)Nc1cccc([N+](=O)[O-])c1C. The maximum atomic E-state index is 11.6. The number of hydrogen-bond acceptors (Lipinski definition) is 5. The van der Waals surface area contributed by atoms with Crippen molar-refractivity contribution in [1.82, 2.24) is 0 Å². The fourth-order valence-electron chi connectivity index (χ4n) is 1.45. The van der Waals surface area contributed by atoms with Gasteiger partial charge in [0.25, 0.3) is 5.69 Å². The Kier molecular flexibility index (Phi) is 5.91. The number of benzene rings is 1. The molecular formula is C12H16N2O5. The van der Waals surface area contributed by atoms with Crippen LogP contribution in [0, 0.1) is 17.0 Å². The van der Waals surface area contributed by atoms with Gasteiger partial charge in [0.15, 0.2) is 0 Å². The molecule has 1 rings (SSSR count). The number of carbonyl (C=O) groups is 1. The summed E-state index contributed by atoms with van der Waals surface area (Å²) in [6.45, 7) is 2.19. The molecule has 19 heavy (non-hydrogen) atoms. The predicted molar refractivity (Wildman–Crippen MR) is 69.2 cm³/mol. The Morgan fingerprint density at radius 2 is 2.16 bits per heavy atom. The molecule has 7 heteroatoms. The number of carbonyl (C=O) groups excluding carboxylic acids is 1. The van der Waals surface area contributed by atoms with Gasteiger partial charge in [-0.25, -0.2) is 0 Å². The molecule has 104 valence electrons. The molecule has 0 aliphatic carbocycles. The number of anilines is 1. The van der Waals surface area contributed by atoms with Gasteiger partial charge in [-0.1, -0.05) is 6.07 Å². The number of nitrogens with one attached hydrogen (secondary N) is 1. The number of nitro groups is 1. The molecule has 0 heterocycles. The second kappa shape index (κ2) is 7.45. The molecule has 0 aliphatic rings. The zero-order chi connectivity index (χ0) is 14.3. The zero-order valence-electron chi connectivity index (χ0n) is 10.8. The number of amides is 1. The lowest BCUT2D eigenvalue weighted by Gasteiger charge is -2.08. The van der Waals surface area contributed by atoms with Crippen molar-refractivity contribution in [1.29, 1.82) is 0 Å². The molecule has 0 aliphatic heterocycles. The van der Waals surface area contributed by atoms with Crippen molar-refractivity contribution < 1.29 is 19.2 Å². The zero-order valence-corrected chi connectivity index (χ0v) is 10.8. The Balaban J connectivity index is 2.59. The Morgan fingerprint density at radius 3 is 2.79 bits per heavy atom. The molecule has 0 bridgehead atoms. The molecule has 0 fully saturated rings. The topological polar surface area (TPSA) is 90.7 Å². The molecule has 0 saturated carbocycles. The molecule has 1 amide bonds. The van der Waals surface area contributed by atoms with E-state index in [-0.39, 0.29) is 18.2 Å². The number of rotatable bonds is 7. The van der Waals surface area contributed by atoms with Crippen LogP contribution in [-0.2, 0) is 14.3 Å². The summed E-state index contributed by atoms with van der Waals surface area (Å²) in [5, 5.41) is 13.3. The summed E-state index contributed by atoms with van der Waals surface area (Å²) in [4.78, 5) is 21.8. The van der Waals surface area contributed by atoms with Crippen molar-refractivity contribution >= 4 is 17.3 Å². The Labute approximate surface area is 110 Å². The van der Waals surface area contributed by atoms with E-state index in [9.17, 15) is 14.9 Å². The summed E-state index contributed by atoms with van der Waals surface area (Å²) in [6, 6.07) is 4.52. The van der Waals surface area contributed by atoms with Gasteiger partial charge in [0.05, 0.1) is 29.4 Å². The highest BCUT2D eigenvalue weighted by Crippen LogP contribution is 2.24. The van der Waals surface area contributed by atoms with E-state index in [0.29, 0.717) is 24.5 Å². The van der Waals surface area contributed by atoms with Gasteiger partial charge in [-0.05, 0) is 13.0 Å². The van der Waals surface area contributed by atoms with Gasteiger partial charge in [0, 0.05) is 13.2 Å². The van der Waals surface area contributed by atoms with Crippen LogP contribution in [-0.4, -0.2) is 37.8 Å². The van der Waals surface area contributed by atoms with Gasteiger partial charge in [0.1, 0.15) is 6.61 Å². The quantitative estimate of drug-likeness (QED) is 0.460. The molecule has 1 N–H and O–H groups in total. The molecule has 0 unspecified atom stereocenters. The normalized spacial score (nSPS) is 10.2. The lowest BCUT2D eigenvalue weighted by molar-refractivity contribution is -0.385. The van der Waals surface area contributed by atoms with Crippen molar-refractivity contribution in [3.63, 3.8) is 0 Å². The van der Waals surface area contributed by atoms with Crippen molar-refractivity contribution in [3.8, 4) is 0 Å². The summed E-state index contributed by atoms with van der Waals surface area (Å²) in [7, 11) is 1.54. The van der Waals surface area contributed by atoms with Crippen molar-refractivity contribution in [3.05, 3.63) is 33.9 Å². The minimum Gasteiger partial charge on any atom is -0.382 e. The molecule has 1 aromatic carbocycles. The maximum Gasteiger partial charge on any atom is 0.274 e. The fourth-order valence-corrected chi connectivity index (χ4v) is 1.45. The third-order valence-electron chi connectivity index (χ3n) is 2.44. The first-order valence-electron chi connectivity index (χ1n) is 5.66. The van der Waals surface area contributed by atoms with Crippen LogP contribution in [0.15, 0.2) is 18.2 Å². The van der Waals surface area contributed by atoms with Crippen LogP contribution in [0.3, 0.4) is 0 Å². The van der Waals surface area contributed by atoms with E-state index in [4.69, 9.17) is 9.47 Å². The Bertz CT molecular complexity index is 461. The van der Waals surface area contributed by atoms with Crippen LogP contribution in [0.25, 0.3) is 0 Å². The van der Waals surface area contributed by atoms with Crippen LogP contribution in [0.2, 0.25) is 0 Å². The third-order valence-corrected chi connectivity index (χ3v) is 2.44. The highest BCUT2D eigenvalue weighted by Gasteiger charge is 2.14. The summed E-state index contributed by atoms with van der Waals surface area (Å²) < 4.78 is 9.83. The van der Waals surface area contributed by atoms with E-state index in [1.165, 1.54) is 19.2 Å². The lowest BCUT2D eigenvalue weighted by atomic mass is 10.1. The number of methoxy groups -OCH3 is 1. The van der Waals surface area contributed by atoms with Crippen molar-refractivity contribution in [2.45, 2.75) is 6.92 Å². The van der Waals surface area contributed by atoms with Crippen LogP contribution >= 0.6 is 0 Å². The van der Waals surface area contributed by atoms with E-state index in [1.54, 1.807) is 13.0 Å². The van der Waals surface area contributed by atoms with E-state index in [0.717, 1.165) is 0 Å². The highest BCUT2D eigenvalue weighted by molar-refractivity contribution is 5.93. The predicted octanol–water partition coefficient (Wildman–Crippen LogP) is 1.50. The van der Waals surface area contributed by atoms with E-state index >= 15 is 0 Å².